The Balaban J connectivity index is 2.13. The minimum Gasteiger partial charge on any atom is -0.394 e. The number of ether oxygens (including phenoxy) is 2. The number of benzene rings is 1. The van der Waals surface area contributed by atoms with Gasteiger partial charge in [-0.15, -0.1) is 0 Å². The monoisotopic (exact) mass is 297 g/mol. The number of rotatable bonds is 4. The number of hydrogen-bond acceptors (Lipinski definition) is 6. The molecule has 116 valence electrons. The Kier molecular flexibility index (Phi) is 5.27. The van der Waals surface area contributed by atoms with Crippen LogP contribution in [0.25, 0.3) is 0 Å². The van der Waals surface area contributed by atoms with Crippen LogP contribution in [0.15, 0.2) is 30.3 Å². The molecule has 0 bridgehead atoms. The van der Waals surface area contributed by atoms with Crippen molar-refractivity contribution in [3.05, 3.63) is 35.9 Å². The summed E-state index contributed by atoms with van der Waals surface area (Å²) in [5.74, 6) is -0.438. The van der Waals surface area contributed by atoms with Gasteiger partial charge >= 0.3 is 0 Å². The van der Waals surface area contributed by atoms with Gasteiger partial charge in [0.25, 0.3) is 5.91 Å². The third kappa shape index (κ3) is 3.39. The highest BCUT2D eigenvalue weighted by molar-refractivity contribution is 5.94. The number of aliphatic hydroxyl groups excluding tert-OH is 3. The lowest BCUT2D eigenvalue weighted by molar-refractivity contribution is -0.270. The molecule has 7 heteroatoms. The van der Waals surface area contributed by atoms with Gasteiger partial charge in [-0.25, -0.2) is 0 Å². The first-order valence-electron chi connectivity index (χ1n) is 6.59. The van der Waals surface area contributed by atoms with Crippen LogP contribution in [-0.4, -0.2) is 65.6 Å². The van der Waals surface area contributed by atoms with Crippen LogP contribution in [0.5, 0.6) is 0 Å². The Bertz CT molecular complexity index is 452. The lowest BCUT2D eigenvalue weighted by Crippen LogP contribution is -2.64. The summed E-state index contributed by atoms with van der Waals surface area (Å²) in [5.41, 5.74) is 0.401. The molecule has 1 aromatic rings. The predicted octanol–water partition coefficient (Wildman–Crippen LogP) is -1.13. The third-order valence-corrected chi connectivity index (χ3v) is 3.45. The van der Waals surface area contributed by atoms with E-state index in [0.29, 0.717) is 5.56 Å². The van der Waals surface area contributed by atoms with Gasteiger partial charge in [0.2, 0.25) is 0 Å². The quantitative estimate of drug-likeness (QED) is 0.560. The van der Waals surface area contributed by atoms with Gasteiger partial charge in [0.15, 0.2) is 6.29 Å². The van der Waals surface area contributed by atoms with Crippen LogP contribution < -0.4 is 5.32 Å². The number of carbonyl (C=O) groups is 1. The van der Waals surface area contributed by atoms with Gasteiger partial charge in [-0.1, -0.05) is 18.2 Å². The Hall–Kier alpha value is -1.51. The fourth-order valence-corrected chi connectivity index (χ4v) is 2.28. The summed E-state index contributed by atoms with van der Waals surface area (Å²) in [7, 11) is 1.33. The molecule has 4 N–H and O–H groups in total. The lowest BCUT2D eigenvalue weighted by Gasteiger charge is -2.41. The van der Waals surface area contributed by atoms with E-state index >= 15 is 0 Å². The van der Waals surface area contributed by atoms with Gasteiger partial charge < -0.3 is 30.1 Å². The molecule has 21 heavy (non-hydrogen) atoms. The molecule has 1 amide bonds. The van der Waals surface area contributed by atoms with E-state index in [1.807, 2.05) is 0 Å². The fraction of sp³-hybridized carbons (Fsp3) is 0.500. The molecule has 0 aromatic heterocycles. The van der Waals surface area contributed by atoms with Gasteiger partial charge in [0.1, 0.15) is 18.3 Å². The second-order valence-corrected chi connectivity index (χ2v) is 4.81. The highest BCUT2D eigenvalue weighted by Crippen LogP contribution is 2.22. The molecule has 0 saturated carbocycles. The molecule has 1 heterocycles. The second-order valence-electron chi connectivity index (χ2n) is 4.81. The summed E-state index contributed by atoms with van der Waals surface area (Å²) in [6.07, 6.45) is -4.48. The predicted molar refractivity (Wildman–Crippen MR) is 72.5 cm³/mol. The largest absolute Gasteiger partial charge is 0.394 e. The normalized spacial score (nSPS) is 32.7. The van der Waals surface area contributed by atoms with Crippen molar-refractivity contribution in [1.82, 2.24) is 5.32 Å². The van der Waals surface area contributed by atoms with E-state index in [1.54, 1.807) is 30.3 Å². The molecule has 1 aliphatic heterocycles. The first-order chi connectivity index (χ1) is 10.1. The van der Waals surface area contributed by atoms with Crippen molar-refractivity contribution in [1.29, 1.82) is 0 Å². The van der Waals surface area contributed by atoms with Gasteiger partial charge in [-0.2, -0.15) is 0 Å². The maximum absolute atomic E-state index is 12.1. The molecule has 1 aromatic carbocycles. The molecule has 0 aliphatic carbocycles. The molecule has 7 nitrogen and oxygen atoms in total. The van der Waals surface area contributed by atoms with Crippen LogP contribution in [0.4, 0.5) is 0 Å². The van der Waals surface area contributed by atoms with Crippen LogP contribution >= 0.6 is 0 Å². The molecule has 2 rings (SSSR count). The minimum absolute atomic E-state index is 0.401. The first-order valence-corrected chi connectivity index (χ1v) is 6.59. The highest BCUT2D eigenvalue weighted by Gasteiger charge is 2.45. The average molecular weight is 297 g/mol. The number of nitrogens with one attached hydrogen (secondary N) is 1. The molecule has 0 radical (unpaired) electrons. The summed E-state index contributed by atoms with van der Waals surface area (Å²) < 4.78 is 10.2. The van der Waals surface area contributed by atoms with Gasteiger partial charge in [0.05, 0.1) is 12.6 Å². The van der Waals surface area contributed by atoms with Crippen LogP contribution in [0, 0.1) is 0 Å². The van der Waals surface area contributed by atoms with Crippen LogP contribution in [0.3, 0.4) is 0 Å². The molecule has 0 unspecified atom stereocenters. The summed E-state index contributed by atoms with van der Waals surface area (Å²) in [6, 6.07) is 7.42. The molecule has 1 aliphatic rings. The van der Waals surface area contributed by atoms with E-state index in [9.17, 15) is 20.1 Å². The van der Waals surface area contributed by atoms with E-state index in [1.165, 1.54) is 7.11 Å². The number of methoxy groups -OCH3 is 1. The minimum atomic E-state index is -1.25. The van der Waals surface area contributed by atoms with E-state index in [-0.39, 0.29) is 0 Å². The van der Waals surface area contributed by atoms with Crippen LogP contribution in [0.1, 0.15) is 10.4 Å². The number of hydrogen-bond donors (Lipinski definition) is 4. The Morgan fingerprint density at radius 1 is 1.29 bits per heavy atom. The van der Waals surface area contributed by atoms with Crippen molar-refractivity contribution in [3.63, 3.8) is 0 Å². The maximum Gasteiger partial charge on any atom is 0.251 e. The molecule has 5 atom stereocenters. The van der Waals surface area contributed by atoms with Crippen molar-refractivity contribution in [3.8, 4) is 0 Å². The van der Waals surface area contributed by atoms with Crippen molar-refractivity contribution in [2.45, 2.75) is 30.6 Å². The Labute approximate surface area is 122 Å². The van der Waals surface area contributed by atoms with Crippen LogP contribution in [0.2, 0.25) is 0 Å². The Morgan fingerprint density at radius 3 is 2.52 bits per heavy atom. The summed E-state index contributed by atoms with van der Waals surface area (Å²) in [6.45, 7) is -0.453. The molecule has 1 saturated heterocycles. The summed E-state index contributed by atoms with van der Waals surface area (Å²) in [4.78, 5) is 12.1. The van der Waals surface area contributed by atoms with Gasteiger partial charge in [0, 0.05) is 12.7 Å². The zero-order chi connectivity index (χ0) is 15.4. The van der Waals surface area contributed by atoms with Crippen LogP contribution in [-0.2, 0) is 9.47 Å². The van der Waals surface area contributed by atoms with Crippen molar-refractivity contribution < 1.29 is 29.6 Å². The van der Waals surface area contributed by atoms with Crippen molar-refractivity contribution >= 4 is 5.91 Å². The smallest absolute Gasteiger partial charge is 0.251 e. The zero-order valence-corrected chi connectivity index (χ0v) is 11.5. The maximum atomic E-state index is 12.1. The van der Waals surface area contributed by atoms with Crippen molar-refractivity contribution in [2.24, 2.45) is 0 Å². The number of amides is 1. The SMILES string of the molecule is CO[C@@H]1O[C@H](CO)[C@H](O)[C@@H](NC(=O)c2ccccc2)[C@H]1O. The molecular formula is C14H19NO6. The zero-order valence-electron chi connectivity index (χ0n) is 11.5. The standard InChI is InChI=1S/C14H19NO6/c1-20-14-12(18)10(11(17)9(7-16)21-14)15-13(19)8-5-3-2-4-6-8/h2-6,9-12,14,16-18H,7H2,1H3,(H,15,19)/t9-,10-,11+,12-,14-/m1/s1. The molecular weight excluding hydrogens is 278 g/mol. The van der Waals surface area contributed by atoms with Crippen molar-refractivity contribution in [2.75, 3.05) is 13.7 Å². The highest BCUT2D eigenvalue weighted by atomic mass is 16.7. The van der Waals surface area contributed by atoms with E-state index < -0.39 is 43.2 Å². The summed E-state index contributed by atoms with van der Waals surface area (Å²) in [5, 5.41) is 31.9. The average Bonchev–Trinajstić information content (AvgIpc) is 2.52. The molecule has 0 spiro atoms. The number of aliphatic hydroxyl groups is 3. The second kappa shape index (κ2) is 6.97. The molecule has 1 fully saturated rings. The summed E-state index contributed by atoms with van der Waals surface area (Å²) >= 11 is 0. The van der Waals surface area contributed by atoms with E-state index in [4.69, 9.17) is 9.47 Å². The fourth-order valence-electron chi connectivity index (χ4n) is 2.28. The topological polar surface area (TPSA) is 108 Å². The lowest BCUT2D eigenvalue weighted by atomic mass is 9.96. The van der Waals surface area contributed by atoms with Gasteiger partial charge in [-0.05, 0) is 12.1 Å². The van der Waals surface area contributed by atoms with E-state index in [2.05, 4.69) is 5.32 Å². The van der Waals surface area contributed by atoms with E-state index in [0.717, 1.165) is 0 Å². The first kappa shape index (κ1) is 15.9. The Morgan fingerprint density at radius 2 is 1.95 bits per heavy atom. The number of carbonyl (C=O) groups excluding carboxylic acids is 1. The van der Waals surface area contributed by atoms with Gasteiger partial charge in [-0.3, -0.25) is 4.79 Å². The third-order valence-electron chi connectivity index (χ3n) is 3.45.